The Hall–Kier alpha value is -3.37. The van der Waals surface area contributed by atoms with E-state index in [0.29, 0.717) is 50.6 Å². The Morgan fingerprint density at radius 2 is 1.94 bits per heavy atom. The van der Waals surface area contributed by atoms with Crippen LogP contribution in [-0.4, -0.2) is 89.6 Å². The minimum atomic E-state index is -0.297. The van der Waals surface area contributed by atoms with Crippen molar-refractivity contribution in [2.75, 3.05) is 52.7 Å². The van der Waals surface area contributed by atoms with Crippen molar-refractivity contribution in [1.82, 2.24) is 19.4 Å². The molecule has 10 nitrogen and oxygen atoms in total. The predicted molar refractivity (Wildman–Crippen MR) is 133 cm³/mol. The van der Waals surface area contributed by atoms with Crippen LogP contribution in [0.2, 0.25) is 0 Å². The maximum atomic E-state index is 13.7. The number of ether oxygens (including phenoxy) is 3. The Labute approximate surface area is 211 Å². The first-order chi connectivity index (χ1) is 17.5. The van der Waals surface area contributed by atoms with Crippen LogP contribution >= 0.6 is 0 Å². The van der Waals surface area contributed by atoms with Gasteiger partial charge in [-0.1, -0.05) is 13.0 Å². The normalized spacial score (nSPS) is 19.4. The fourth-order valence-electron chi connectivity index (χ4n) is 4.87. The van der Waals surface area contributed by atoms with Gasteiger partial charge in [0, 0.05) is 52.3 Å². The van der Waals surface area contributed by atoms with E-state index >= 15 is 0 Å². The number of hydrogen-bond donors (Lipinski definition) is 0. The highest BCUT2D eigenvalue weighted by Crippen LogP contribution is 2.39. The van der Waals surface area contributed by atoms with Crippen molar-refractivity contribution in [3.05, 3.63) is 47.8 Å². The van der Waals surface area contributed by atoms with Gasteiger partial charge in [-0.2, -0.15) is 5.10 Å². The number of aromatic nitrogens is 1. The standard InChI is InChI=1S/C26H33N5O5/c1-3-25(32)30(10-9-29-11-13-34-14-12-29)17-26(33)31-22(16-20(27-31)21-5-4-8-28(21)2)19-6-7-23-24(15-19)36-18-35-23/h4-8,15,22H,3,9-14,16-18H2,1-2H3/t22-/m0/s1. The minimum Gasteiger partial charge on any atom is -0.454 e. The molecular formula is C26H33N5O5. The van der Waals surface area contributed by atoms with Crippen LogP contribution in [0.3, 0.4) is 0 Å². The topological polar surface area (TPSA) is 88.8 Å². The lowest BCUT2D eigenvalue weighted by Crippen LogP contribution is -2.46. The lowest BCUT2D eigenvalue weighted by atomic mass is 10.00. The van der Waals surface area contributed by atoms with Gasteiger partial charge in [0.2, 0.25) is 12.7 Å². The van der Waals surface area contributed by atoms with Gasteiger partial charge in [0.05, 0.1) is 30.7 Å². The fraction of sp³-hybridized carbons (Fsp3) is 0.500. The first-order valence-corrected chi connectivity index (χ1v) is 12.5. The third kappa shape index (κ3) is 5.10. The van der Waals surface area contributed by atoms with Crippen LogP contribution in [0, 0.1) is 0 Å². The van der Waals surface area contributed by atoms with Crippen molar-refractivity contribution in [2.45, 2.75) is 25.8 Å². The zero-order valence-electron chi connectivity index (χ0n) is 20.9. The van der Waals surface area contributed by atoms with Gasteiger partial charge in [-0.15, -0.1) is 0 Å². The molecule has 3 aliphatic heterocycles. The van der Waals surface area contributed by atoms with E-state index in [2.05, 4.69) is 4.90 Å². The molecule has 0 spiro atoms. The van der Waals surface area contributed by atoms with E-state index in [4.69, 9.17) is 19.3 Å². The van der Waals surface area contributed by atoms with Crippen molar-refractivity contribution >= 4 is 17.5 Å². The molecule has 2 amide bonds. The van der Waals surface area contributed by atoms with Gasteiger partial charge in [0.1, 0.15) is 6.54 Å². The van der Waals surface area contributed by atoms with Crippen LogP contribution in [0.25, 0.3) is 0 Å². The molecule has 5 rings (SSSR count). The van der Waals surface area contributed by atoms with Crippen molar-refractivity contribution in [3.8, 4) is 11.5 Å². The van der Waals surface area contributed by atoms with E-state index in [0.717, 1.165) is 30.1 Å². The highest BCUT2D eigenvalue weighted by Gasteiger charge is 2.35. The zero-order valence-corrected chi connectivity index (χ0v) is 20.9. The molecule has 0 N–H and O–H groups in total. The molecule has 1 fully saturated rings. The number of benzene rings is 1. The van der Waals surface area contributed by atoms with Gasteiger partial charge in [0.25, 0.3) is 5.91 Å². The maximum absolute atomic E-state index is 13.7. The van der Waals surface area contributed by atoms with Crippen molar-refractivity contribution in [2.24, 2.45) is 12.1 Å². The number of morpholine rings is 1. The van der Waals surface area contributed by atoms with E-state index in [1.807, 2.05) is 55.1 Å². The average molecular weight is 496 g/mol. The van der Waals surface area contributed by atoms with Crippen LogP contribution in [0.4, 0.5) is 0 Å². The van der Waals surface area contributed by atoms with Gasteiger partial charge in [-0.25, -0.2) is 5.01 Å². The molecule has 192 valence electrons. The van der Waals surface area contributed by atoms with Crippen LogP contribution in [0.1, 0.15) is 37.1 Å². The Morgan fingerprint density at radius 1 is 1.14 bits per heavy atom. The van der Waals surface area contributed by atoms with E-state index in [9.17, 15) is 9.59 Å². The van der Waals surface area contributed by atoms with Crippen LogP contribution in [0.5, 0.6) is 11.5 Å². The Bertz CT molecular complexity index is 1140. The van der Waals surface area contributed by atoms with Gasteiger partial charge in [-0.3, -0.25) is 14.5 Å². The number of carbonyl (C=O) groups excluding carboxylic acids is 2. The molecule has 1 saturated heterocycles. The van der Waals surface area contributed by atoms with E-state index in [1.54, 1.807) is 9.91 Å². The summed E-state index contributed by atoms with van der Waals surface area (Å²) >= 11 is 0. The number of amides is 2. The second kappa shape index (κ2) is 10.7. The molecule has 4 heterocycles. The average Bonchev–Trinajstić information content (AvgIpc) is 3.65. The van der Waals surface area contributed by atoms with Gasteiger partial charge in [0.15, 0.2) is 11.5 Å². The third-order valence-corrected chi connectivity index (χ3v) is 6.96. The quantitative estimate of drug-likeness (QED) is 0.557. The first-order valence-electron chi connectivity index (χ1n) is 12.5. The van der Waals surface area contributed by atoms with Crippen LogP contribution in [0.15, 0.2) is 41.6 Å². The summed E-state index contributed by atoms with van der Waals surface area (Å²) in [5.41, 5.74) is 2.72. The molecule has 2 aromatic rings. The molecule has 1 aromatic carbocycles. The van der Waals surface area contributed by atoms with Crippen molar-refractivity contribution in [1.29, 1.82) is 0 Å². The molecule has 10 heteroatoms. The Morgan fingerprint density at radius 3 is 2.69 bits per heavy atom. The fourth-order valence-corrected chi connectivity index (χ4v) is 4.87. The number of aryl methyl sites for hydroxylation is 1. The van der Waals surface area contributed by atoms with Crippen molar-refractivity contribution < 1.29 is 23.8 Å². The molecule has 0 radical (unpaired) electrons. The summed E-state index contributed by atoms with van der Waals surface area (Å²) in [6, 6.07) is 9.41. The van der Waals surface area contributed by atoms with E-state index in [-0.39, 0.29) is 31.2 Å². The molecule has 1 atom stereocenters. The second-order valence-electron chi connectivity index (χ2n) is 9.24. The van der Waals surface area contributed by atoms with Crippen LogP contribution < -0.4 is 9.47 Å². The number of carbonyl (C=O) groups is 2. The summed E-state index contributed by atoms with van der Waals surface area (Å²) < 4.78 is 18.5. The number of rotatable bonds is 8. The SMILES string of the molecule is CCC(=O)N(CCN1CCOCC1)CC(=O)N1N=C(c2cccn2C)C[C@H]1c1ccc2c(c1)OCO2. The number of fused-ring (bicyclic) bond motifs is 1. The summed E-state index contributed by atoms with van der Waals surface area (Å²) in [4.78, 5) is 30.3. The molecule has 0 saturated carbocycles. The lowest BCUT2D eigenvalue weighted by Gasteiger charge is -2.31. The number of hydrazone groups is 1. The molecular weight excluding hydrogens is 462 g/mol. The monoisotopic (exact) mass is 495 g/mol. The van der Waals surface area contributed by atoms with Gasteiger partial charge in [-0.05, 0) is 29.8 Å². The van der Waals surface area contributed by atoms with Gasteiger partial charge >= 0.3 is 0 Å². The van der Waals surface area contributed by atoms with E-state index in [1.165, 1.54) is 0 Å². The van der Waals surface area contributed by atoms with Crippen LogP contribution in [-0.2, 0) is 21.4 Å². The summed E-state index contributed by atoms with van der Waals surface area (Å²) in [6.45, 7) is 6.28. The third-order valence-electron chi connectivity index (χ3n) is 6.96. The lowest BCUT2D eigenvalue weighted by molar-refractivity contribution is -0.141. The molecule has 3 aliphatic rings. The second-order valence-corrected chi connectivity index (χ2v) is 9.24. The minimum absolute atomic E-state index is 0.0119. The summed E-state index contributed by atoms with van der Waals surface area (Å²) in [7, 11) is 1.96. The number of hydrogen-bond acceptors (Lipinski definition) is 7. The first kappa shape index (κ1) is 24.3. The summed E-state index contributed by atoms with van der Waals surface area (Å²) in [6.07, 6.45) is 2.88. The summed E-state index contributed by atoms with van der Waals surface area (Å²) in [5, 5.41) is 6.32. The highest BCUT2D eigenvalue weighted by molar-refractivity contribution is 6.02. The summed E-state index contributed by atoms with van der Waals surface area (Å²) in [5.74, 6) is 1.12. The molecule has 0 bridgehead atoms. The Kier molecular flexibility index (Phi) is 7.24. The van der Waals surface area contributed by atoms with Gasteiger partial charge < -0.3 is 23.7 Å². The maximum Gasteiger partial charge on any atom is 0.262 e. The van der Waals surface area contributed by atoms with Crippen molar-refractivity contribution in [3.63, 3.8) is 0 Å². The smallest absolute Gasteiger partial charge is 0.262 e. The molecule has 0 unspecified atom stereocenters. The highest BCUT2D eigenvalue weighted by atomic mass is 16.7. The van der Waals surface area contributed by atoms with E-state index < -0.39 is 0 Å². The Balaban J connectivity index is 1.37. The molecule has 0 aliphatic carbocycles. The molecule has 36 heavy (non-hydrogen) atoms. The predicted octanol–water partition coefficient (Wildman–Crippen LogP) is 2.00. The largest absolute Gasteiger partial charge is 0.454 e. The zero-order chi connectivity index (χ0) is 25.1. The molecule has 1 aromatic heterocycles. The number of nitrogens with zero attached hydrogens (tertiary/aromatic N) is 5.